The molecule has 0 fully saturated rings. The van der Waals surface area contributed by atoms with Crippen molar-refractivity contribution in [2.45, 2.75) is 12.5 Å². The maximum atomic E-state index is 13.8. The Morgan fingerprint density at radius 3 is 2.62 bits per heavy atom. The topological polar surface area (TPSA) is 51.2 Å². The summed E-state index contributed by atoms with van der Waals surface area (Å²) in [7, 11) is 0. The SMILES string of the molecule is O=C(NCC1Cc2cc(Cl)cc(-c3ccncc3)c2O1)c1c(F)ccc(F)c1F. The molecule has 148 valence electrons. The molecule has 1 amide bonds. The fourth-order valence-corrected chi connectivity index (χ4v) is 3.53. The minimum Gasteiger partial charge on any atom is -0.487 e. The summed E-state index contributed by atoms with van der Waals surface area (Å²) in [6.45, 7) is -0.0175. The number of ether oxygens (including phenoxy) is 1. The summed E-state index contributed by atoms with van der Waals surface area (Å²) >= 11 is 6.22. The van der Waals surface area contributed by atoms with Crippen LogP contribution in [0.3, 0.4) is 0 Å². The number of carbonyl (C=O) groups is 1. The Morgan fingerprint density at radius 2 is 1.86 bits per heavy atom. The van der Waals surface area contributed by atoms with Gasteiger partial charge >= 0.3 is 0 Å². The average molecular weight is 419 g/mol. The second-order valence-electron chi connectivity index (χ2n) is 6.55. The molecular formula is C21H14ClF3N2O2. The number of fused-ring (bicyclic) bond motifs is 1. The third-order valence-corrected chi connectivity index (χ3v) is 4.83. The van der Waals surface area contributed by atoms with Crippen molar-refractivity contribution in [2.75, 3.05) is 6.54 Å². The molecule has 4 nitrogen and oxygen atoms in total. The van der Waals surface area contributed by atoms with Gasteiger partial charge in [-0.05, 0) is 42.0 Å². The molecule has 0 saturated heterocycles. The number of hydrogen-bond donors (Lipinski definition) is 1. The van der Waals surface area contributed by atoms with Gasteiger partial charge in [-0.2, -0.15) is 0 Å². The van der Waals surface area contributed by atoms with Gasteiger partial charge in [-0.1, -0.05) is 11.6 Å². The first-order valence-corrected chi connectivity index (χ1v) is 9.13. The summed E-state index contributed by atoms with van der Waals surface area (Å²) in [4.78, 5) is 16.2. The predicted molar refractivity (Wildman–Crippen MR) is 101 cm³/mol. The van der Waals surface area contributed by atoms with Gasteiger partial charge in [-0.3, -0.25) is 9.78 Å². The number of amides is 1. The minimum atomic E-state index is -1.52. The summed E-state index contributed by atoms with van der Waals surface area (Å²) in [6, 6.07) is 8.52. The molecule has 4 rings (SSSR count). The van der Waals surface area contributed by atoms with E-state index in [1.807, 2.05) is 12.1 Å². The smallest absolute Gasteiger partial charge is 0.257 e. The summed E-state index contributed by atoms with van der Waals surface area (Å²) in [5.41, 5.74) is 1.55. The molecule has 0 saturated carbocycles. The van der Waals surface area contributed by atoms with Crippen molar-refractivity contribution < 1.29 is 22.7 Å². The highest BCUT2D eigenvalue weighted by Crippen LogP contribution is 2.40. The number of rotatable bonds is 4. The number of hydrogen-bond acceptors (Lipinski definition) is 3. The van der Waals surface area contributed by atoms with Crippen LogP contribution in [0.25, 0.3) is 11.1 Å². The van der Waals surface area contributed by atoms with Gasteiger partial charge in [0.15, 0.2) is 11.6 Å². The second kappa shape index (κ2) is 7.75. The first kappa shape index (κ1) is 19.3. The van der Waals surface area contributed by atoms with Crippen LogP contribution in [0.15, 0.2) is 48.8 Å². The van der Waals surface area contributed by atoms with E-state index < -0.39 is 35.0 Å². The minimum absolute atomic E-state index is 0.0175. The van der Waals surface area contributed by atoms with Crippen LogP contribution in [-0.4, -0.2) is 23.5 Å². The zero-order valence-corrected chi connectivity index (χ0v) is 15.6. The summed E-state index contributed by atoms with van der Waals surface area (Å²) in [5.74, 6) is -4.37. The standard InChI is InChI=1S/C21H14ClF3N2O2/c22-13-7-12-8-14(29-20(12)15(9-13)11-3-5-26-6-4-11)10-27-21(28)18-16(23)1-2-17(24)19(18)25/h1-7,9,14H,8,10H2,(H,27,28). The Morgan fingerprint density at radius 1 is 1.14 bits per heavy atom. The fourth-order valence-electron chi connectivity index (χ4n) is 3.28. The quantitative estimate of drug-likeness (QED) is 0.632. The fraction of sp³-hybridized carbons (Fsp3) is 0.143. The molecule has 1 aliphatic rings. The maximum absolute atomic E-state index is 13.8. The first-order chi connectivity index (χ1) is 13.9. The molecule has 8 heteroatoms. The Balaban J connectivity index is 1.51. The molecule has 0 aliphatic carbocycles. The summed E-state index contributed by atoms with van der Waals surface area (Å²) < 4.78 is 46.8. The van der Waals surface area contributed by atoms with Crippen molar-refractivity contribution in [2.24, 2.45) is 0 Å². The van der Waals surface area contributed by atoms with Crippen molar-refractivity contribution in [1.82, 2.24) is 10.3 Å². The zero-order valence-electron chi connectivity index (χ0n) is 14.9. The summed E-state index contributed by atoms with van der Waals surface area (Å²) in [6.07, 6.45) is 3.28. The van der Waals surface area contributed by atoms with Crippen LogP contribution in [0.2, 0.25) is 5.02 Å². The largest absolute Gasteiger partial charge is 0.487 e. The molecule has 1 N–H and O–H groups in total. The van der Waals surface area contributed by atoms with E-state index in [4.69, 9.17) is 16.3 Å². The predicted octanol–water partition coefficient (Wildman–Crippen LogP) is 4.55. The Bertz CT molecular complexity index is 1090. The van der Waals surface area contributed by atoms with E-state index in [0.29, 0.717) is 29.3 Å². The van der Waals surface area contributed by atoms with Gasteiger partial charge < -0.3 is 10.1 Å². The molecule has 2 heterocycles. The Labute approximate surface area is 169 Å². The Hall–Kier alpha value is -3.06. The number of benzene rings is 2. The van der Waals surface area contributed by atoms with Gasteiger partial charge in [0.1, 0.15) is 23.2 Å². The highest BCUT2D eigenvalue weighted by Gasteiger charge is 2.28. The van der Waals surface area contributed by atoms with Crippen molar-refractivity contribution in [3.05, 3.63) is 82.4 Å². The summed E-state index contributed by atoms with van der Waals surface area (Å²) in [5, 5.41) is 2.94. The highest BCUT2D eigenvalue weighted by molar-refractivity contribution is 6.31. The van der Waals surface area contributed by atoms with Crippen LogP contribution in [-0.2, 0) is 6.42 Å². The van der Waals surface area contributed by atoms with Gasteiger partial charge in [0.05, 0.1) is 6.54 Å². The van der Waals surface area contributed by atoms with Crippen molar-refractivity contribution in [3.8, 4) is 16.9 Å². The van der Waals surface area contributed by atoms with Gasteiger partial charge in [-0.25, -0.2) is 13.2 Å². The molecule has 3 aromatic rings. The van der Waals surface area contributed by atoms with E-state index >= 15 is 0 Å². The molecule has 1 atom stereocenters. The van der Waals surface area contributed by atoms with Crippen molar-refractivity contribution >= 4 is 17.5 Å². The average Bonchev–Trinajstić information content (AvgIpc) is 3.12. The third-order valence-electron chi connectivity index (χ3n) is 4.62. The lowest BCUT2D eigenvalue weighted by Crippen LogP contribution is -2.35. The molecule has 1 unspecified atom stereocenters. The van der Waals surface area contributed by atoms with Crippen LogP contribution in [0.1, 0.15) is 15.9 Å². The van der Waals surface area contributed by atoms with Crippen LogP contribution in [0.4, 0.5) is 13.2 Å². The van der Waals surface area contributed by atoms with Gasteiger partial charge in [0.2, 0.25) is 0 Å². The van der Waals surface area contributed by atoms with E-state index in [2.05, 4.69) is 10.3 Å². The zero-order chi connectivity index (χ0) is 20.5. The number of halogens is 4. The van der Waals surface area contributed by atoms with Crippen LogP contribution in [0.5, 0.6) is 5.75 Å². The molecule has 1 aromatic heterocycles. The van der Waals surface area contributed by atoms with E-state index in [1.54, 1.807) is 24.5 Å². The lowest BCUT2D eigenvalue weighted by molar-refractivity contribution is 0.0924. The normalized spacial score (nSPS) is 15.0. The maximum Gasteiger partial charge on any atom is 0.257 e. The van der Waals surface area contributed by atoms with Crippen molar-refractivity contribution in [1.29, 1.82) is 0 Å². The van der Waals surface area contributed by atoms with Gasteiger partial charge in [-0.15, -0.1) is 0 Å². The van der Waals surface area contributed by atoms with E-state index in [1.165, 1.54) is 0 Å². The molecule has 1 aliphatic heterocycles. The van der Waals surface area contributed by atoms with E-state index in [-0.39, 0.29) is 6.54 Å². The van der Waals surface area contributed by atoms with Gasteiger partial charge in [0.25, 0.3) is 5.91 Å². The molecular weight excluding hydrogens is 405 g/mol. The molecule has 29 heavy (non-hydrogen) atoms. The number of aromatic nitrogens is 1. The molecule has 0 radical (unpaired) electrons. The molecule has 2 aromatic carbocycles. The number of nitrogens with zero attached hydrogens (tertiary/aromatic N) is 1. The van der Waals surface area contributed by atoms with Crippen LogP contribution in [0, 0.1) is 17.5 Å². The van der Waals surface area contributed by atoms with Crippen LogP contribution < -0.4 is 10.1 Å². The van der Waals surface area contributed by atoms with Crippen LogP contribution >= 0.6 is 11.6 Å². The van der Waals surface area contributed by atoms with Crippen molar-refractivity contribution in [3.63, 3.8) is 0 Å². The molecule has 0 spiro atoms. The third kappa shape index (κ3) is 3.78. The first-order valence-electron chi connectivity index (χ1n) is 8.75. The van der Waals surface area contributed by atoms with Gasteiger partial charge in [0, 0.05) is 35.0 Å². The highest BCUT2D eigenvalue weighted by atomic mass is 35.5. The second-order valence-corrected chi connectivity index (χ2v) is 6.99. The number of pyridine rings is 1. The Kier molecular flexibility index (Phi) is 5.15. The lowest BCUT2D eigenvalue weighted by atomic mass is 10.0. The monoisotopic (exact) mass is 418 g/mol. The lowest BCUT2D eigenvalue weighted by Gasteiger charge is -2.14. The van der Waals surface area contributed by atoms with E-state index in [0.717, 1.165) is 16.7 Å². The number of nitrogens with one attached hydrogen (secondary N) is 1. The van der Waals surface area contributed by atoms with E-state index in [9.17, 15) is 18.0 Å². The number of carbonyl (C=O) groups excluding carboxylic acids is 1. The molecule has 0 bridgehead atoms.